The summed E-state index contributed by atoms with van der Waals surface area (Å²) >= 11 is 3.49. The molecule has 4 nitrogen and oxygen atoms in total. The minimum Gasteiger partial charge on any atom is -0.357 e. The molecule has 0 bridgehead atoms. The smallest absolute Gasteiger partial charge is 0.0946 e. The van der Waals surface area contributed by atoms with Gasteiger partial charge in [0.1, 0.15) is 0 Å². The van der Waals surface area contributed by atoms with Crippen molar-refractivity contribution in [2.75, 3.05) is 0 Å². The van der Waals surface area contributed by atoms with Gasteiger partial charge in [0, 0.05) is 47.2 Å². The Morgan fingerprint density at radius 1 is 1.40 bits per heavy atom. The van der Waals surface area contributed by atoms with Gasteiger partial charge in [-0.15, -0.1) is 0 Å². The Kier molecular flexibility index (Phi) is 3.89. The molecule has 1 aromatic carbocycles. The molecule has 3 rings (SSSR count). The lowest BCUT2D eigenvalue weighted by Gasteiger charge is -2.13. The lowest BCUT2D eigenvalue weighted by atomic mass is 10.2. The summed E-state index contributed by atoms with van der Waals surface area (Å²) in [6.45, 7) is 3.94. The van der Waals surface area contributed by atoms with E-state index in [1.807, 2.05) is 18.7 Å². The van der Waals surface area contributed by atoms with E-state index in [4.69, 9.17) is 0 Å². The number of hydrogen-bond acceptors (Lipinski definition) is 2. The van der Waals surface area contributed by atoms with Gasteiger partial charge in [-0.3, -0.25) is 0 Å². The molecule has 0 aliphatic carbocycles. The molecule has 2 heterocycles. The first-order valence-electron chi connectivity index (χ1n) is 6.67. The van der Waals surface area contributed by atoms with Gasteiger partial charge < -0.3 is 14.9 Å². The van der Waals surface area contributed by atoms with Crippen molar-refractivity contribution in [1.82, 2.24) is 19.9 Å². The number of halogens is 1. The number of imidazole rings is 1. The van der Waals surface area contributed by atoms with Crippen LogP contribution >= 0.6 is 15.9 Å². The van der Waals surface area contributed by atoms with Crippen molar-refractivity contribution in [3.63, 3.8) is 0 Å². The highest BCUT2D eigenvalue weighted by atomic mass is 79.9. The average Bonchev–Trinajstić information content (AvgIpc) is 3.04. The normalized spacial score (nSPS) is 12.9. The van der Waals surface area contributed by atoms with Crippen molar-refractivity contribution >= 4 is 26.8 Å². The van der Waals surface area contributed by atoms with Gasteiger partial charge in [0.15, 0.2) is 0 Å². The number of nitrogens with one attached hydrogen (secondary N) is 2. The van der Waals surface area contributed by atoms with E-state index in [1.54, 1.807) is 0 Å². The van der Waals surface area contributed by atoms with Crippen LogP contribution in [0, 0.1) is 0 Å². The van der Waals surface area contributed by atoms with E-state index in [0.29, 0.717) is 6.04 Å². The molecule has 1 unspecified atom stereocenters. The Morgan fingerprint density at radius 2 is 2.30 bits per heavy atom. The predicted molar refractivity (Wildman–Crippen MR) is 84.5 cm³/mol. The maximum absolute atomic E-state index is 4.06. The largest absolute Gasteiger partial charge is 0.357 e. The lowest BCUT2D eigenvalue weighted by molar-refractivity contribution is 0.474. The Bertz CT molecular complexity index is 687. The zero-order valence-corrected chi connectivity index (χ0v) is 12.9. The summed E-state index contributed by atoms with van der Waals surface area (Å²) in [6.07, 6.45) is 5.64. The molecule has 2 N–H and O–H groups in total. The van der Waals surface area contributed by atoms with Crippen molar-refractivity contribution in [3.05, 3.63) is 53.2 Å². The Labute approximate surface area is 126 Å². The predicted octanol–water partition coefficient (Wildman–Crippen LogP) is 3.31. The first-order chi connectivity index (χ1) is 9.70. The van der Waals surface area contributed by atoms with Gasteiger partial charge in [0.25, 0.3) is 0 Å². The number of benzene rings is 1. The van der Waals surface area contributed by atoms with Crippen LogP contribution in [-0.2, 0) is 13.1 Å². The van der Waals surface area contributed by atoms with E-state index in [1.165, 1.54) is 16.6 Å². The number of hydrogen-bond donors (Lipinski definition) is 2. The summed E-state index contributed by atoms with van der Waals surface area (Å²) in [6, 6.07) is 8.87. The lowest BCUT2D eigenvalue weighted by Crippen LogP contribution is -2.29. The summed E-state index contributed by atoms with van der Waals surface area (Å²) < 4.78 is 3.18. The SMILES string of the molecule is CC(Cn1ccnc1)NCc1cc2ccc(Br)cc2[nH]1. The van der Waals surface area contributed by atoms with Crippen LogP contribution in [0.1, 0.15) is 12.6 Å². The molecule has 1 atom stereocenters. The number of aromatic amines is 1. The van der Waals surface area contributed by atoms with Crippen molar-refractivity contribution < 1.29 is 0 Å². The van der Waals surface area contributed by atoms with E-state index < -0.39 is 0 Å². The summed E-state index contributed by atoms with van der Waals surface area (Å²) in [5, 5.41) is 4.76. The molecule has 2 aromatic heterocycles. The average molecular weight is 333 g/mol. The molecule has 104 valence electrons. The maximum atomic E-state index is 4.06. The quantitative estimate of drug-likeness (QED) is 0.752. The van der Waals surface area contributed by atoms with Crippen LogP contribution in [0.25, 0.3) is 10.9 Å². The maximum Gasteiger partial charge on any atom is 0.0946 e. The Balaban J connectivity index is 1.61. The second-order valence-electron chi connectivity index (χ2n) is 5.07. The van der Waals surface area contributed by atoms with Crippen molar-refractivity contribution in [1.29, 1.82) is 0 Å². The van der Waals surface area contributed by atoms with Gasteiger partial charge in [-0.1, -0.05) is 22.0 Å². The molecule has 0 saturated carbocycles. The molecule has 3 aromatic rings. The molecule has 0 fully saturated rings. The highest BCUT2D eigenvalue weighted by molar-refractivity contribution is 9.10. The van der Waals surface area contributed by atoms with E-state index in [0.717, 1.165) is 17.6 Å². The van der Waals surface area contributed by atoms with E-state index in [-0.39, 0.29) is 0 Å². The Hall–Kier alpha value is -1.59. The second-order valence-corrected chi connectivity index (χ2v) is 5.98. The monoisotopic (exact) mass is 332 g/mol. The van der Waals surface area contributed by atoms with Crippen LogP contribution in [-0.4, -0.2) is 20.6 Å². The van der Waals surface area contributed by atoms with Crippen molar-refractivity contribution in [2.24, 2.45) is 0 Å². The third-order valence-corrected chi connectivity index (χ3v) is 3.82. The number of rotatable bonds is 5. The molecular weight excluding hydrogens is 316 g/mol. The molecule has 0 aliphatic heterocycles. The zero-order chi connectivity index (χ0) is 13.9. The number of fused-ring (bicyclic) bond motifs is 1. The van der Waals surface area contributed by atoms with Crippen LogP contribution < -0.4 is 5.32 Å². The van der Waals surface area contributed by atoms with Gasteiger partial charge in [-0.25, -0.2) is 4.98 Å². The molecule has 0 saturated heterocycles. The minimum absolute atomic E-state index is 0.391. The van der Waals surface area contributed by atoms with Crippen LogP contribution in [0.5, 0.6) is 0 Å². The third-order valence-electron chi connectivity index (χ3n) is 3.33. The van der Waals surface area contributed by atoms with Crippen LogP contribution in [0.15, 0.2) is 47.5 Å². The van der Waals surface area contributed by atoms with E-state index in [2.05, 4.69) is 67.0 Å². The molecule has 0 radical (unpaired) electrons. The highest BCUT2D eigenvalue weighted by Crippen LogP contribution is 2.20. The molecule has 0 aliphatic rings. The topological polar surface area (TPSA) is 45.6 Å². The molecular formula is C15H17BrN4. The number of aromatic nitrogens is 3. The summed E-state index contributed by atoms with van der Waals surface area (Å²) in [4.78, 5) is 7.49. The van der Waals surface area contributed by atoms with Crippen molar-refractivity contribution in [3.8, 4) is 0 Å². The van der Waals surface area contributed by atoms with Gasteiger partial charge >= 0.3 is 0 Å². The van der Waals surface area contributed by atoms with Crippen LogP contribution in [0.3, 0.4) is 0 Å². The fourth-order valence-corrected chi connectivity index (χ4v) is 2.68. The van der Waals surface area contributed by atoms with Gasteiger partial charge in [-0.05, 0) is 30.5 Å². The summed E-state index contributed by atoms with van der Waals surface area (Å²) in [5.41, 5.74) is 2.37. The first kappa shape index (κ1) is 13.4. The van der Waals surface area contributed by atoms with Crippen LogP contribution in [0.4, 0.5) is 0 Å². The Morgan fingerprint density at radius 3 is 3.10 bits per heavy atom. The van der Waals surface area contributed by atoms with Crippen LogP contribution in [0.2, 0.25) is 0 Å². The number of nitrogens with zero attached hydrogens (tertiary/aromatic N) is 2. The standard InChI is InChI=1S/C15H17BrN4/c1-11(9-20-5-4-17-10-20)18-8-14-6-12-2-3-13(16)7-15(12)19-14/h2-7,10-11,18-19H,8-9H2,1H3. The first-order valence-corrected chi connectivity index (χ1v) is 7.46. The molecule has 0 amide bonds. The van der Waals surface area contributed by atoms with Gasteiger partial charge in [0.2, 0.25) is 0 Å². The zero-order valence-electron chi connectivity index (χ0n) is 11.3. The molecule has 20 heavy (non-hydrogen) atoms. The second kappa shape index (κ2) is 5.81. The highest BCUT2D eigenvalue weighted by Gasteiger charge is 2.05. The van der Waals surface area contributed by atoms with Gasteiger partial charge in [-0.2, -0.15) is 0 Å². The summed E-state index contributed by atoms with van der Waals surface area (Å²) in [7, 11) is 0. The fourth-order valence-electron chi connectivity index (χ4n) is 2.31. The van der Waals surface area contributed by atoms with E-state index in [9.17, 15) is 0 Å². The van der Waals surface area contributed by atoms with E-state index >= 15 is 0 Å². The molecule has 5 heteroatoms. The van der Waals surface area contributed by atoms with Gasteiger partial charge in [0.05, 0.1) is 6.33 Å². The third kappa shape index (κ3) is 3.11. The summed E-state index contributed by atoms with van der Waals surface area (Å²) in [5.74, 6) is 0. The minimum atomic E-state index is 0.391. The fraction of sp³-hybridized carbons (Fsp3) is 0.267. The van der Waals surface area contributed by atoms with Crippen molar-refractivity contribution in [2.45, 2.75) is 26.1 Å². The molecule has 0 spiro atoms. The number of H-pyrrole nitrogens is 1.